The third kappa shape index (κ3) is 9.59. The van der Waals surface area contributed by atoms with Crippen LogP contribution in [0.3, 0.4) is 0 Å². The lowest BCUT2D eigenvalue weighted by atomic mass is 10.0. The van der Waals surface area contributed by atoms with E-state index >= 15 is 0 Å². The Labute approximate surface area is 300 Å². The maximum absolute atomic E-state index is 13.8. The van der Waals surface area contributed by atoms with Crippen LogP contribution in [-0.2, 0) is 21.5 Å². The average Bonchev–Trinajstić information content (AvgIpc) is 3.78. The number of likely N-dealkylation sites (tertiary alicyclic amines) is 1. The molecule has 3 heterocycles. The number of ether oxygens (including phenoxy) is 1. The van der Waals surface area contributed by atoms with Gasteiger partial charge in [-0.2, -0.15) is 5.10 Å². The Hall–Kier alpha value is -5.06. The molecule has 2 unspecified atom stereocenters. The van der Waals surface area contributed by atoms with Crippen LogP contribution in [0.4, 0.5) is 0 Å². The standard InChI is InChI=1S/C40H50N6O5/c1-6-7-8-9-10-21-51-33-17-15-29(16-18-33)32-23-41-36(42-24-32)30-13-11-28(12-14-30)22-35(38(48)45-20-19-31(26-45)39(49)50)44-37(47)34-25-43-46(27(34)2)40(3,4)5/h11-18,23-25,31,35H,6-10,19-22,26H2,1-5H3,(H,44,47)(H,49,50). The molecule has 0 saturated carbocycles. The van der Waals surface area contributed by atoms with E-state index in [1.807, 2.05) is 76.2 Å². The van der Waals surface area contributed by atoms with Crippen molar-refractivity contribution in [3.05, 3.63) is 83.9 Å². The lowest BCUT2D eigenvalue weighted by Gasteiger charge is -2.25. The number of carboxylic acid groups (broad SMARTS) is 1. The SMILES string of the molecule is CCCCCCCOc1ccc(-c2cnc(-c3ccc(CC(NC(=O)c4cnn(C(C)(C)C)c4C)C(=O)N4CCC(C(=O)O)C4)cc3)nc2)cc1. The molecule has 2 atom stereocenters. The van der Waals surface area contributed by atoms with Gasteiger partial charge in [0.15, 0.2) is 5.82 Å². The van der Waals surface area contributed by atoms with Crippen LogP contribution < -0.4 is 10.1 Å². The van der Waals surface area contributed by atoms with Crippen molar-refractivity contribution in [1.82, 2.24) is 30.0 Å². The zero-order valence-electron chi connectivity index (χ0n) is 30.4. The van der Waals surface area contributed by atoms with Crippen LogP contribution in [0.25, 0.3) is 22.5 Å². The van der Waals surface area contributed by atoms with Crippen molar-refractivity contribution in [3.8, 4) is 28.3 Å². The number of carbonyl (C=O) groups excluding carboxylic acids is 2. The van der Waals surface area contributed by atoms with E-state index < -0.39 is 23.8 Å². The Morgan fingerprint density at radius 1 is 0.922 bits per heavy atom. The van der Waals surface area contributed by atoms with Gasteiger partial charge in [-0.25, -0.2) is 9.97 Å². The molecular formula is C40H50N6O5. The van der Waals surface area contributed by atoms with Crippen LogP contribution in [0.1, 0.15) is 87.8 Å². The minimum Gasteiger partial charge on any atom is -0.494 e. The summed E-state index contributed by atoms with van der Waals surface area (Å²) in [6, 6.07) is 14.7. The van der Waals surface area contributed by atoms with Gasteiger partial charge in [0, 0.05) is 48.7 Å². The highest BCUT2D eigenvalue weighted by Gasteiger charge is 2.35. The van der Waals surface area contributed by atoms with Crippen LogP contribution in [-0.4, -0.2) is 73.3 Å². The first-order valence-electron chi connectivity index (χ1n) is 18.0. The van der Waals surface area contributed by atoms with Crippen molar-refractivity contribution in [2.45, 2.75) is 91.1 Å². The Morgan fingerprint density at radius 2 is 1.59 bits per heavy atom. The van der Waals surface area contributed by atoms with E-state index in [2.05, 4.69) is 27.3 Å². The number of hydrogen-bond donors (Lipinski definition) is 2. The van der Waals surface area contributed by atoms with E-state index in [4.69, 9.17) is 4.74 Å². The molecule has 5 rings (SSSR count). The predicted molar refractivity (Wildman–Crippen MR) is 196 cm³/mol. The van der Waals surface area contributed by atoms with Gasteiger partial charge in [0.05, 0.1) is 29.8 Å². The Kier molecular flexibility index (Phi) is 12.2. The molecule has 11 nitrogen and oxygen atoms in total. The number of unbranched alkanes of at least 4 members (excludes halogenated alkanes) is 4. The Morgan fingerprint density at radius 3 is 2.20 bits per heavy atom. The molecule has 11 heteroatoms. The number of aliphatic carboxylic acids is 1. The van der Waals surface area contributed by atoms with Gasteiger partial charge < -0.3 is 20.1 Å². The van der Waals surface area contributed by atoms with Crippen LogP contribution >= 0.6 is 0 Å². The first kappa shape index (κ1) is 37.2. The molecule has 2 aromatic heterocycles. The molecule has 0 aliphatic carbocycles. The van der Waals surface area contributed by atoms with Gasteiger partial charge in [-0.15, -0.1) is 0 Å². The van der Waals surface area contributed by atoms with E-state index in [1.54, 1.807) is 17.1 Å². The van der Waals surface area contributed by atoms with Gasteiger partial charge >= 0.3 is 5.97 Å². The van der Waals surface area contributed by atoms with E-state index in [9.17, 15) is 19.5 Å². The largest absolute Gasteiger partial charge is 0.494 e. The van der Waals surface area contributed by atoms with Crippen molar-refractivity contribution >= 4 is 17.8 Å². The molecule has 4 aromatic rings. The topological polar surface area (TPSA) is 140 Å². The highest BCUT2D eigenvalue weighted by atomic mass is 16.5. The molecule has 270 valence electrons. The second-order valence-corrected chi connectivity index (χ2v) is 14.3. The monoisotopic (exact) mass is 694 g/mol. The summed E-state index contributed by atoms with van der Waals surface area (Å²) in [7, 11) is 0. The molecule has 0 spiro atoms. The van der Waals surface area contributed by atoms with E-state index in [1.165, 1.54) is 36.8 Å². The number of nitrogens with one attached hydrogen (secondary N) is 1. The van der Waals surface area contributed by atoms with Crippen molar-refractivity contribution in [2.75, 3.05) is 19.7 Å². The quantitative estimate of drug-likeness (QED) is 0.131. The number of carboxylic acids is 1. The summed E-state index contributed by atoms with van der Waals surface area (Å²) in [5, 5.41) is 16.9. The Balaban J connectivity index is 1.25. The molecule has 2 aromatic carbocycles. The minimum atomic E-state index is -0.923. The zero-order valence-corrected chi connectivity index (χ0v) is 30.4. The molecule has 1 aliphatic heterocycles. The second-order valence-electron chi connectivity index (χ2n) is 14.3. The highest BCUT2D eigenvalue weighted by molar-refractivity contribution is 5.98. The number of hydrogen-bond acceptors (Lipinski definition) is 7. The summed E-state index contributed by atoms with van der Waals surface area (Å²) in [5.74, 6) is -0.831. The lowest BCUT2D eigenvalue weighted by molar-refractivity contribution is -0.141. The predicted octanol–water partition coefficient (Wildman–Crippen LogP) is 6.69. The maximum Gasteiger partial charge on any atom is 0.308 e. The molecule has 0 radical (unpaired) electrons. The van der Waals surface area contributed by atoms with E-state index in [0.29, 0.717) is 30.0 Å². The first-order chi connectivity index (χ1) is 24.4. The number of rotatable bonds is 15. The van der Waals surface area contributed by atoms with Gasteiger partial charge in [0.25, 0.3) is 5.91 Å². The maximum atomic E-state index is 13.8. The van der Waals surface area contributed by atoms with Crippen molar-refractivity contribution < 1.29 is 24.2 Å². The Bertz CT molecular complexity index is 1780. The second kappa shape index (κ2) is 16.8. The zero-order chi connectivity index (χ0) is 36.5. The third-order valence-electron chi connectivity index (χ3n) is 9.35. The van der Waals surface area contributed by atoms with Gasteiger partial charge in [-0.3, -0.25) is 19.1 Å². The van der Waals surface area contributed by atoms with Crippen molar-refractivity contribution in [3.63, 3.8) is 0 Å². The molecule has 51 heavy (non-hydrogen) atoms. The van der Waals surface area contributed by atoms with Crippen molar-refractivity contribution in [2.24, 2.45) is 5.92 Å². The summed E-state index contributed by atoms with van der Waals surface area (Å²) in [4.78, 5) is 49.6. The number of nitrogens with zero attached hydrogens (tertiary/aromatic N) is 5. The van der Waals surface area contributed by atoms with Gasteiger partial charge in [0.2, 0.25) is 5.91 Å². The number of amides is 2. The van der Waals surface area contributed by atoms with E-state index in [-0.39, 0.29) is 24.4 Å². The van der Waals surface area contributed by atoms with Crippen LogP contribution in [0, 0.1) is 12.8 Å². The normalized spacial score (nSPS) is 15.1. The summed E-state index contributed by atoms with van der Waals surface area (Å²) in [6.07, 6.45) is 11.7. The molecule has 1 fully saturated rings. The van der Waals surface area contributed by atoms with Gasteiger partial charge in [-0.1, -0.05) is 69.0 Å². The lowest BCUT2D eigenvalue weighted by Crippen LogP contribution is -2.49. The van der Waals surface area contributed by atoms with Crippen LogP contribution in [0.5, 0.6) is 5.75 Å². The summed E-state index contributed by atoms with van der Waals surface area (Å²) >= 11 is 0. The molecule has 2 N–H and O–H groups in total. The third-order valence-corrected chi connectivity index (χ3v) is 9.35. The molecule has 2 amide bonds. The fraction of sp³-hybridized carbons (Fsp3) is 0.450. The van der Waals surface area contributed by atoms with Crippen LogP contribution in [0.15, 0.2) is 67.1 Å². The molecule has 0 bridgehead atoms. The van der Waals surface area contributed by atoms with Gasteiger partial charge in [-0.05, 0) is 63.8 Å². The van der Waals surface area contributed by atoms with Crippen molar-refractivity contribution in [1.29, 1.82) is 0 Å². The fourth-order valence-electron chi connectivity index (χ4n) is 6.42. The van der Waals surface area contributed by atoms with E-state index in [0.717, 1.165) is 41.0 Å². The summed E-state index contributed by atoms with van der Waals surface area (Å²) in [6.45, 7) is 11.2. The summed E-state index contributed by atoms with van der Waals surface area (Å²) in [5.41, 5.74) is 4.30. The fourth-order valence-corrected chi connectivity index (χ4v) is 6.42. The smallest absolute Gasteiger partial charge is 0.308 e. The minimum absolute atomic E-state index is 0.116. The number of benzene rings is 2. The molecule has 1 aliphatic rings. The average molecular weight is 695 g/mol. The number of carbonyl (C=O) groups is 3. The number of aromatic nitrogens is 4. The highest BCUT2D eigenvalue weighted by Crippen LogP contribution is 2.25. The van der Waals surface area contributed by atoms with Crippen LogP contribution in [0.2, 0.25) is 0 Å². The first-order valence-corrected chi connectivity index (χ1v) is 18.0. The molecular weight excluding hydrogens is 644 g/mol. The van der Waals surface area contributed by atoms with Gasteiger partial charge in [0.1, 0.15) is 11.8 Å². The summed E-state index contributed by atoms with van der Waals surface area (Å²) < 4.78 is 7.68. The molecule has 1 saturated heterocycles.